The molecule has 0 heterocycles. The molecule has 0 saturated carbocycles. The highest BCUT2D eigenvalue weighted by Crippen LogP contribution is 2.10. The molecule has 0 fully saturated rings. The molecular weight excluding hydrogens is 230 g/mol. The van der Waals surface area contributed by atoms with Gasteiger partial charge in [0.2, 0.25) is 0 Å². The zero-order valence-electron chi connectivity index (χ0n) is 11.5. The first-order valence-electron chi connectivity index (χ1n) is 6.81. The summed E-state index contributed by atoms with van der Waals surface area (Å²) < 4.78 is 0. The molecule has 0 aliphatic rings. The number of Topliss-reactive ketones (excluding diaryl/α,β-unsaturated/α-hetero) is 1. The van der Waals surface area contributed by atoms with Gasteiger partial charge in [0.05, 0.1) is 5.70 Å². The van der Waals surface area contributed by atoms with Gasteiger partial charge in [-0.15, -0.1) is 0 Å². The molecule has 0 bridgehead atoms. The van der Waals surface area contributed by atoms with Crippen LogP contribution in [0.5, 0.6) is 0 Å². The van der Waals surface area contributed by atoms with E-state index >= 15 is 0 Å². The second-order valence-corrected chi connectivity index (χ2v) is 4.43. The molecule has 0 aromatic heterocycles. The Morgan fingerprint density at radius 2 is 1.61 bits per heavy atom. The van der Waals surface area contributed by atoms with Gasteiger partial charge in [0, 0.05) is 6.42 Å². The molecule has 4 nitrogen and oxygen atoms in total. The number of carbonyl (C=O) groups is 2. The monoisotopic (exact) mass is 255 g/mol. The standard InChI is InChI=1S/C14H25NO3/c1-3-5-6-7-8-9-10-11-13(16)12(4-2)15-14(17)18/h4,15H,3,5-11H2,1-2H3,(H,17,18)/b12-4-. The van der Waals surface area contributed by atoms with E-state index in [4.69, 9.17) is 5.11 Å². The van der Waals surface area contributed by atoms with E-state index in [-0.39, 0.29) is 11.5 Å². The summed E-state index contributed by atoms with van der Waals surface area (Å²) in [6, 6.07) is 0. The van der Waals surface area contributed by atoms with Gasteiger partial charge in [0.1, 0.15) is 0 Å². The summed E-state index contributed by atoms with van der Waals surface area (Å²) in [6.07, 6.45) is 8.81. The number of unbranched alkanes of at least 4 members (excludes halogenated alkanes) is 6. The number of rotatable bonds is 10. The van der Waals surface area contributed by atoms with Crippen LogP contribution in [0.3, 0.4) is 0 Å². The molecule has 4 heteroatoms. The number of amides is 1. The first kappa shape index (κ1) is 16.7. The predicted octanol–water partition coefficient (Wildman–Crippen LogP) is 3.87. The van der Waals surface area contributed by atoms with Crippen LogP contribution in [0.1, 0.15) is 65.2 Å². The summed E-state index contributed by atoms with van der Waals surface area (Å²) >= 11 is 0. The fourth-order valence-corrected chi connectivity index (χ4v) is 1.80. The maximum Gasteiger partial charge on any atom is 0.409 e. The fourth-order valence-electron chi connectivity index (χ4n) is 1.80. The van der Waals surface area contributed by atoms with Gasteiger partial charge in [-0.2, -0.15) is 0 Å². The lowest BCUT2D eigenvalue weighted by atomic mass is 10.1. The van der Waals surface area contributed by atoms with E-state index in [1.807, 2.05) is 0 Å². The zero-order chi connectivity index (χ0) is 13.8. The summed E-state index contributed by atoms with van der Waals surface area (Å²) in [4.78, 5) is 22.1. The van der Waals surface area contributed by atoms with E-state index in [1.54, 1.807) is 6.92 Å². The van der Waals surface area contributed by atoms with Crippen LogP contribution < -0.4 is 5.32 Å². The number of carbonyl (C=O) groups excluding carboxylic acids is 1. The molecule has 0 atom stereocenters. The summed E-state index contributed by atoms with van der Waals surface area (Å²) in [6.45, 7) is 3.85. The Morgan fingerprint density at radius 1 is 1.06 bits per heavy atom. The molecule has 0 aromatic rings. The van der Waals surface area contributed by atoms with E-state index in [1.165, 1.54) is 31.8 Å². The lowest BCUT2D eigenvalue weighted by Crippen LogP contribution is -2.25. The van der Waals surface area contributed by atoms with Crippen molar-refractivity contribution in [2.24, 2.45) is 0 Å². The zero-order valence-corrected chi connectivity index (χ0v) is 11.5. The molecule has 0 unspecified atom stereocenters. The molecule has 0 saturated heterocycles. The molecule has 0 rings (SSSR count). The van der Waals surface area contributed by atoms with Crippen LogP contribution >= 0.6 is 0 Å². The molecule has 0 aromatic carbocycles. The highest BCUT2D eigenvalue weighted by molar-refractivity contribution is 5.97. The Bertz CT molecular complexity index is 285. The van der Waals surface area contributed by atoms with Crippen LogP contribution in [0.4, 0.5) is 4.79 Å². The minimum Gasteiger partial charge on any atom is -0.465 e. The molecule has 1 amide bonds. The summed E-state index contributed by atoms with van der Waals surface area (Å²) in [7, 11) is 0. The van der Waals surface area contributed by atoms with E-state index < -0.39 is 6.09 Å². The SMILES string of the molecule is C/C=C(\NC(=O)O)C(=O)CCCCCCCCC. The van der Waals surface area contributed by atoms with Crippen molar-refractivity contribution in [1.29, 1.82) is 0 Å². The number of hydrogen-bond donors (Lipinski definition) is 2. The topological polar surface area (TPSA) is 66.4 Å². The highest BCUT2D eigenvalue weighted by Gasteiger charge is 2.10. The number of allylic oxidation sites excluding steroid dienone is 2. The summed E-state index contributed by atoms with van der Waals surface area (Å²) in [5.74, 6) is -0.117. The Hall–Kier alpha value is -1.32. The van der Waals surface area contributed by atoms with Gasteiger partial charge in [-0.05, 0) is 13.3 Å². The third-order valence-corrected chi connectivity index (χ3v) is 2.84. The van der Waals surface area contributed by atoms with Crippen molar-refractivity contribution >= 4 is 11.9 Å². The number of carboxylic acid groups (broad SMARTS) is 1. The minimum atomic E-state index is -1.18. The first-order valence-corrected chi connectivity index (χ1v) is 6.81. The first-order chi connectivity index (χ1) is 8.61. The minimum absolute atomic E-state index is 0.117. The van der Waals surface area contributed by atoms with Gasteiger partial charge in [-0.1, -0.05) is 51.5 Å². The van der Waals surface area contributed by atoms with Crippen molar-refractivity contribution in [3.8, 4) is 0 Å². The lowest BCUT2D eigenvalue weighted by Gasteiger charge is -2.05. The quantitative estimate of drug-likeness (QED) is 0.460. The largest absolute Gasteiger partial charge is 0.465 e. The van der Waals surface area contributed by atoms with Crippen LogP contribution in [0, 0.1) is 0 Å². The van der Waals surface area contributed by atoms with E-state index in [0.717, 1.165) is 19.3 Å². The second-order valence-electron chi connectivity index (χ2n) is 4.43. The summed E-state index contributed by atoms with van der Waals surface area (Å²) in [5.41, 5.74) is 0.188. The molecule has 0 aliphatic heterocycles. The van der Waals surface area contributed by atoms with Gasteiger partial charge in [-0.3, -0.25) is 10.1 Å². The lowest BCUT2D eigenvalue weighted by molar-refractivity contribution is -0.116. The number of ketones is 1. The maximum absolute atomic E-state index is 11.7. The van der Waals surface area contributed by atoms with Crippen LogP contribution in [-0.2, 0) is 4.79 Å². The van der Waals surface area contributed by atoms with Gasteiger partial charge in [0.15, 0.2) is 5.78 Å². The molecule has 2 N–H and O–H groups in total. The van der Waals surface area contributed by atoms with Crippen molar-refractivity contribution in [3.63, 3.8) is 0 Å². The van der Waals surface area contributed by atoms with Crippen molar-refractivity contribution in [2.75, 3.05) is 0 Å². The Labute approximate surface area is 109 Å². The van der Waals surface area contributed by atoms with E-state index in [2.05, 4.69) is 12.2 Å². The van der Waals surface area contributed by atoms with Crippen molar-refractivity contribution < 1.29 is 14.7 Å². The van der Waals surface area contributed by atoms with Crippen LogP contribution in [0.2, 0.25) is 0 Å². The van der Waals surface area contributed by atoms with Crippen LogP contribution in [-0.4, -0.2) is 17.0 Å². The van der Waals surface area contributed by atoms with Gasteiger partial charge in [-0.25, -0.2) is 4.79 Å². The molecule has 0 aliphatic carbocycles. The van der Waals surface area contributed by atoms with Gasteiger partial charge < -0.3 is 5.11 Å². The van der Waals surface area contributed by atoms with Crippen molar-refractivity contribution in [1.82, 2.24) is 5.32 Å². The Kier molecular flexibility index (Phi) is 10.0. The number of hydrogen-bond acceptors (Lipinski definition) is 2. The second kappa shape index (κ2) is 10.8. The third-order valence-electron chi connectivity index (χ3n) is 2.84. The maximum atomic E-state index is 11.7. The Morgan fingerprint density at radius 3 is 2.11 bits per heavy atom. The average Bonchev–Trinajstić information content (AvgIpc) is 2.34. The van der Waals surface area contributed by atoms with Crippen molar-refractivity contribution in [2.45, 2.75) is 65.2 Å². The summed E-state index contributed by atoms with van der Waals surface area (Å²) in [5, 5.41) is 10.7. The average molecular weight is 255 g/mol. The van der Waals surface area contributed by atoms with Crippen molar-refractivity contribution in [3.05, 3.63) is 11.8 Å². The van der Waals surface area contributed by atoms with E-state index in [0.29, 0.717) is 6.42 Å². The van der Waals surface area contributed by atoms with Gasteiger partial charge >= 0.3 is 6.09 Å². The highest BCUT2D eigenvalue weighted by atomic mass is 16.4. The smallest absolute Gasteiger partial charge is 0.409 e. The fraction of sp³-hybridized carbons (Fsp3) is 0.714. The Balaban J connectivity index is 3.66. The molecule has 18 heavy (non-hydrogen) atoms. The molecule has 0 spiro atoms. The molecule has 104 valence electrons. The van der Waals surface area contributed by atoms with E-state index in [9.17, 15) is 9.59 Å². The molecular formula is C14H25NO3. The normalized spacial score (nSPS) is 11.3. The molecule has 0 radical (unpaired) electrons. The predicted molar refractivity (Wildman–Crippen MR) is 72.5 cm³/mol. The third kappa shape index (κ3) is 8.79. The van der Waals surface area contributed by atoms with Crippen LogP contribution in [0.25, 0.3) is 0 Å². The van der Waals surface area contributed by atoms with Gasteiger partial charge in [0.25, 0.3) is 0 Å². The number of nitrogens with one attached hydrogen (secondary N) is 1. The van der Waals surface area contributed by atoms with Crippen LogP contribution in [0.15, 0.2) is 11.8 Å².